The van der Waals surface area contributed by atoms with E-state index in [9.17, 15) is 10.2 Å². The van der Waals surface area contributed by atoms with E-state index in [1.165, 1.54) is 12.8 Å². The maximum Gasteiger partial charge on any atom is 0.0656 e. The lowest BCUT2D eigenvalue weighted by Crippen LogP contribution is -2.39. The average Bonchev–Trinajstić information content (AvgIpc) is 2.78. The summed E-state index contributed by atoms with van der Waals surface area (Å²) in [5, 5.41) is 20.9. The summed E-state index contributed by atoms with van der Waals surface area (Å²) in [5.74, 6) is 2.12. The first-order valence-electron chi connectivity index (χ1n) is 7.16. The van der Waals surface area contributed by atoms with Gasteiger partial charge in [0, 0.05) is 0 Å². The Bertz CT molecular complexity index is 341. The molecule has 0 saturated heterocycles. The van der Waals surface area contributed by atoms with Crippen LogP contribution in [0.15, 0.2) is 0 Å². The first-order valence-corrected chi connectivity index (χ1v) is 7.16. The van der Waals surface area contributed by atoms with E-state index in [4.69, 9.17) is 0 Å². The van der Waals surface area contributed by atoms with Gasteiger partial charge in [0.2, 0.25) is 0 Å². The van der Waals surface area contributed by atoms with Crippen molar-refractivity contribution in [3.05, 3.63) is 0 Å². The highest BCUT2D eigenvalue weighted by Crippen LogP contribution is 2.80. The molecule has 0 aromatic heterocycles. The summed E-state index contributed by atoms with van der Waals surface area (Å²) in [6.45, 7) is 8.27. The van der Waals surface area contributed by atoms with Crippen LogP contribution in [0.2, 0.25) is 0 Å². The normalized spacial score (nSPS) is 57.5. The monoisotopic (exact) mass is 238 g/mol. The molecule has 2 nitrogen and oxygen atoms in total. The quantitative estimate of drug-likeness (QED) is 0.737. The summed E-state index contributed by atoms with van der Waals surface area (Å²) in [7, 11) is 0. The predicted molar refractivity (Wildman–Crippen MR) is 67.5 cm³/mol. The largest absolute Gasteiger partial charge is 0.390 e. The molecule has 3 aliphatic rings. The van der Waals surface area contributed by atoms with Crippen molar-refractivity contribution < 1.29 is 10.2 Å². The predicted octanol–water partition coefficient (Wildman–Crippen LogP) is 2.58. The SMILES string of the molecule is C[C@@H]1CC[C@@H](C(C)(C)O)[C@@H]2[C@@H]3[C@@]21CC[C@@]3(C)O. The van der Waals surface area contributed by atoms with Gasteiger partial charge >= 0.3 is 0 Å². The van der Waals surface area contributed by atoms with Crippen LogP contribution in [0.25, 0.3) is 0 Å². The minimum atomic E-state index is -0.585. The fourth-order valence-electron chi connectivity index (χ4n) is 5.56. The highest BCUT2D eigenvalue weighted by molar-refractivity contribution is 5.27. The van der Waals surface area contributed by atoms with E-state index in [0.29, 0.717) is 23.2 Å². The molecule has 3 saturated carbocycles. The molecule has 0 heterocycles. The van der Waals surface area contributed by atoms with Crippen LogP contribution in [0.1, 0.15) is 53.4 Å². The van der Waals surface area contributed by atoms with Gasteiger partial charge in [0.15, 0.2) is 0 Å². The minimum Gasteiger partial charge on any atom is -0.390 e. The molecule has 6 atom stereocenters. The summed E-state index contributed by atoms with van der Waals surface area (Å²) in [6.07, 6.45) is 4.47. The molecular weight excluding hydrogens is 212 g/mol. The van der Waals surface area contributed by atoms with Crippen molar-refractivity contribution in [3.8, 4) is 0 Å². The molecule has 3 rings (SSSR count). The Balaban J connectivity index is 1.94. The van der Waals surface area contributed by atoms with Crippen molar-refractivity contribution in [3.63, 3.8) is 0 Å². The lowest BCUT2D eigenvalue weighted by molar-refractivity contribution is -0.0361. The fourth-order valence-corrected chi connectivity index (χ4v) is 5.56. The molecule has 0 aromatic rings. The molecule has 98 valence electrons. The Morgan fingerprint density at radius 3 is 2.41 bits per heavy atom. The number of rotatable bonds is 1. The van der Waals surface area contributed by atoms with Crippen LogP contribution in [0.5, 0.6) is 0 Å². The van der Waals surface area contributed by atoms with E-state index >= 15 is 0 Å². The zero-order valence-electron chi connectivity index (χ0n) is 11.5. The molecule has 0 aliphatic heterocycles. The topological polar surface area (TPSA) is 40.5 Å². The number of hydrogen-bond donors (Lipinski definition) is 2. The van der Waals surface area contributed by atoms with Crippen LogP contribution in [-0.4, -0.2) is 21.4 Å². The standard InChI is InChI=1S/C15H26O2/c1-9-5-6-10(13(2,3)16)11-12-14(4,17)7-8-15(9,11)12/h9-12,16-17H,5-8H2,1-4H3/t9-,10-,11-,12+,14-,15-/m1/s1. The summed E-state index contributed by atoms with van der Waals surface area (Å²) < 4.78 is 0. The third kappa shape index (κ3) is 1.34. The lowest BCUT2D eigenvalue weighted by Gasteiger charge is -2.39. The van der Waals surface area contributed by atoms with Crippen molar-refractivity contribution in [2.75, 3.05) is 0 Å². The van der Waals surface area contributed by atoms with Gasteiger partial charge in [0.05, 0.1) is 11.2 Å². The number of aliphatic hydroxyl groups is 2. The van der Waals surface area contributed by atoms with Crippen molar-refractivity contribution in [1.82, 2.24) is 0 Å². The highest BCUT2D eigenvalue weighted by atomic mass is 16.3. The second-order valence-corrected chi connectivity index (χ2v) is 7.71. The van der Waals surface area contributed by atoms with Gasteiger partial charge < -0.3 is 10.2 Å². The third-order valence-corrected chi connectivity index (χ3v) is 6.35. The Labute approximate surface area is 104 Å². The molecule has 1 spiro atoms. The first kappa shape index (κ1) is 12.0. The number of hydrogen-bond acceptors (Lipinski definition) is 2. The molecule has 17 heavy (non-hydrogen) atoms. The summed E-state index contributed by atoms with van der Waals surface area (Å²) in [5.41, 5.74) is -0.697. The van der Waals surface area contributed by atoms with Crippen LogP contribution in [0, 0.1) is 29.1 Å². The van der Waals surface area contributed by atoms with Gasteiger partial charge in [-0.05, 0) is 75.5 Å². The summed E-state index contributed by atoms with van der Waals surface area (Å²) in [4.78, 5) is 0. The van der Waals surface area contributed by atoms with Gasteiger partial charge in [-0.1, -0.05) is 6.92 Å². The first-order chi connectivity index (χ1) is 7.71. The van der Waals surface area contributed by atoms with Crippen LogP contribution in [0.4, 0.5) is 0 Å². The van der Waals surface area contributed by atoms with Crippen molar-refractivity contribution >= 4 is 0 Å². The molecule has 0 unspecified atom stereocenters. The molecule has 3 aliphatic carbocycles. The van der Waals surface area contributed by atoms with E-state index in [-0.39, 0.29) is 0 Å². The Morgan fingerprint density at radius 2 is 1.82 bits per heavy atom. The van der Waals surface area contributed by atoms with Crippen molar-refractivity contribution in [2.45, 2.75) is 64.6 Å². The van der Waals surface area contributed by atoms with Gasteiger partial charge in [-0.2, -0.15) is 0 Å². The van der Waals surface area contributed by atoms with E-state index < -0.39 is 11.2 Å². The van der Waals surface area contributed by atoms with Crippen LogP contribution in [-0.2, 0) is 0 Å². The summed E-state index contributed by atoms with van der Waals surface area (Å²) in [6, 6.07) is 0. The van der Waals surface area contributed by atoms with Crippen molar-refractivity contribution in [1.29, 1.82) is 0 Å². The van der Waals surface area contributed by atoms with Gasteiger partial charge in [-0.15, -0.1) is 0 Å². The fraction of sp³-hybridized carbons (Fsp3) is 1.00. The maximum atomic E-state index is 10.5. The Kier molecular flexibility index (Phi) is 2.17. The summed E-state index contributed by atoms with van der Waals surface area (Å²) >= 11 is 0. The van der Waals surface area contributed by atoms with Crippen molar-refractivity contribution in [2.24, 2.45) is 29.1 Å². The molecule has 0 bridgehead atoms. The lowest BCUT2D eigenvalue weighted by atomic mass is 9.68. The number of fused-ring (bicyclic) bond motifs is 1. The second-order valence-electron chi connectivity index (χ2n) is 7.71. The average molecular weight is 238 g/mol. The van der Waals surface area contributed by atoms with Gasteiger partial charge in [-0.25, -0.2) is 0 Å². The second kappa shape index (κ2) is 3.08. The third-order valence-electron chi connectivity index (χ3n) is 6.35. The van der Waals surface area contributed by atoms with Crippen LogP contribution < -0.4 is 0 Å². The molecule has 0 amide bonds. The van der Waals surface area contributed by atoms with Gasteiger partial charge in [0.1, 0.15) is 0 Å². The molecular formula is C15H26O2. The van der Waals surface area contributed by atoms with Crippen LogP contribution >= 0.6 is 0 Å². The molecule has 3 fully saturated rings. The Morgan fingerprint density at radius 1 is 1.18 bits per heavy atom. The molecule has 2 heteroatoms. The maximum absolute atomic E-state index is 10.5. The van der Waals surface area contributed by atoms with E-state index in [2.05, 4.69) is 6.92 Å². The Hall–Kier alpha value is -0.0800. The van der Waals surface area contributed by atoms with E-state index in [1.807, 2.05) is 20.8 Å². The zero-order chi connectivity index (χ0) is 12.6. The zero-order valence-corrected chi connectivity index (χ0v) is 11.5. The molecule has 0 radical (unpaired) electrons. The van der Waals surface area contributed by atoms with Crippen LogP contribution in [0.3, 0.4) is 0 Å². The molecule has 0 aromatic carbocycles. The van der Waals surface area contributed by atoms with Gasteiger partial charge in [-0.3, -0.25) is 0 Å². The van der Waals surface area contributed by atoms with E-state index in [0.717, 1.165) is 18.8 Å². The smallest absolute Gasteiger partial charge is 0.0656 e. The molecule has 2 N–H and O–H groups in total. The highest BCUT2D eigenvalue weighted by Gasteiger charge is 2.78. The van der Waals surface area contributed by atoms with E-state index in [1.54, 1.807) is 0 Å². The minimum absolute atomic E-state index is 0.367. The van der Waals surface area contributed by atoms with Gasteiger partial charge in [0.25, 0.3) is 0 Å².